The molecule has 1 rings (SSSR count). The van der Waals surface area contributed by atoms with E-state index >= 15 is 0 Å². The summed E-state index contributed by atoms with van der Waals surface area (Å²) in [6.07, 6.45) is 2.69. The quantitative estimate of drug-likeness (QED) is 0.589. The van der Waals surface area contributed by atoms with Crippen LogP contribution in [0.25, 0.3) is 0 Å². The van der Waals surface area contributed by atoms with Gasteiger partial charge in [0.2, 0.25) is 5.91 Å². The third kappa shape index (κ3) is 2.05. The summed E-state index contributed by atoms with van der Waals surface area (Å²) in [5, 5.41) is 8.88. The summed E-state index contributed by atoms with van der Waals surface area (Å²) in [5.41, 5.74) is 0. The smallest absolute Gasteiger partial charge is 0.223 e. The number of hydrogen-bond donors (Lipinski definition) is 1. The number of aliphatic hydroxyl groups is 1. The Hall–Kier alpha value is -0.830. The molecule has 0 radical (unpaired) electrons. The highest BCUT2D eigenvalue weighted by Crippen LogP contribution is 2.09. The Balaban J connectivity index is 2.16. The Labute approximate surface area is 66.3 Å². The van der Waals surface area contributed by atoms with E-state index in [1.54, 1.807) is 11.0 Å². The Bertz CT molecular complexity index is 161. The molecule has 0 aromatic heterocycles. The largest absolute Gasteiger partial charge is 0.389 e. The second-order valence-corrected chi connectivity index (χ2v) is 2.78. The molecule has 0 unspecified atom stereocenters. The molecule has 3 heteroatoms. The first kappa shape index (κ1) is 8.27. The van der Waals surface area contributed by atoms with E-state index in [1.165, 1.54) is 0 Å². The van der Waals surface area contributed by atoms with Gasteiger partial charge in [-0.25, -0.2) is 0 Å². The number of aliphatic hydroxyl groups excluding tert-OH is 1. The first-order valence-electron chi connectivity index (χ1n) is 3.80. The Morgan fingerprint density at radius 1 is 1.73 bits per heavy atom. The zero-order valence-corrected chi connectivity index (χ0v) is 6.49. The van der Waals surface area contributed by atoms with Crippen LogP contribution in [0.15, 0.2) is 12.7 Å². The molecule has 0 aromatic rings. The van der Waals surface area contributed by atoms with Gasteiger partial charge in [-0.15, -0.1) is 6.58 Å². The SMILES string of the molecule is C=CCCC(=O)N1CC(O)C1. The number of nitrogens with zero attached hydrogens (tertiary/aromatic N) is 1. The lowest BCUT2D eigenvalue weighted by Gasteiger charge is -2.35. The zero-order valence-electron chi connectivity index (χ0n) is 6.49. The molecular weight excluding hydrogens is 142 g/mol. The van der Waals surface area contributed by atoms with Gasteiger partial charge in [-0.1, -0.05) is 6.08 Å². The predicted molar refractivity (Wildman–Crippen MR) is 42.0 cm³/mol. The van der Waals surface area contributed by atoms with E-state index in [0.717, 1.165) is 6.42 Å². The molecule has 0 aliphatic carbocycles. The molecule has 0 spiro atoms. The second-order valence-electron chi connectivity index (χ2n) is 2.78. The van der Waals surface area contributed by atoms with Crippen molar-refractivity contribution in [1.29, 1.82) is 0 Å². The first-order chi connectivity index (χ1) is 5.24. The minimum Gasteiger partial charge on any atom is -0.389 e. The maximum absolute atomic E-state index is 11.1. The summed E-state index contributed by atoms with van der Waals surface area (Å²) in [6, 6.07) is 0. The number of likely N-dealkylation sites (tertiary alicyclic amines) is 1. The van der Waals surface area contributed by atoms with Crippen molar-refractivity contribution in [3.8, 4) is 0 Å². The minimum absolute atomic E-state index is 0.121. The Morgan fingerprint density at radius 2 is 2.36 bits per heavy atom. The Morgan fingerprint density at radius 3 is 2.82 bits per heavy atom. The molecule has 1 N–H and O–H groups in total. The fraction of sp³-hybridized carbons (Fsp3) is 0.625. The molecule has 1 heterocycles. The monoisotopic (exact) mass is 155 g/mol. The average Bonchev–Trinajstić information content (AvgIpc) is 1.94. The van der Waals surface area contributed by atoms with E-state index in [9.17, 15) is 4.79 Å². The molecule has 0 saturated carbocycles. The first-order valence-corrected chi connectivity index (χ1v) is 3.80. The summed E-state index contributed by atoms with van der Waals surface area (Å²) in [6.45, 7) is 4.55. The van der Waals surface area contributed by atoms with E-state index in [2.05, 4.69) is 6.58 Å². The van der Waals surface area contributed by atoms with Crippen molar-refractivity contribution in [1.82, 2.24) is 4.90 Å². The fourth-order valence-corrected chi connectivity index (χ4v) is 1.04. The highest BCUT2D eigenvalue weighted by molar-refractivity contribution is 5.77. The number of carbonyl (C=O) groups excluding carboxylic acids is 1. The van der Waals surface area contributed by atoms with E-state index in [1.807, 2.05) is 0 Å². The van der Waals surface area contributed by atoms with E-state index in [4.69, 9.17) is 5.11 Å². The predicted octanol–water partition coefficient (Wildman–Crippen LogP) is 0.156. The molecule has 1 aliphatic heterocycles. The zero-order chi connectivity index (χ0) is 8.27. The standard InChI is InChI=1S/C8H13NO2/c1-2-3-4-8(11)9-5-7(10)6-9/h2,7,10H,1,3-6H2. The van der Waals surface area contributed by atoms with Gasteiger partial charge in [0.1, 0.15) is 0 Å². The molecule has 1 aliphatic rings. The maximum Gasteiger partial charge on any atom is 0.223 e. The van der Waals surface area contributed by atoms with Crippen LogP contribution in [0.2, 0.25) is 0 Å². The van der Waals surface area contributed by atoms with Crippen molar-refractivity contribution in [3.05, 3.63) is 12.7 Å². The summed E-state index contributed by atoms with van der Waals surface area (Å²) in [7, 11) is 0. The molecule has 0 atom stereocenters. The van der Waals surface area contributed by atoms with Crippen LogP contribution in [-0.4, -0.2) is 35.1 Å². The molecule has 1 fully saturated rings. The molecule has 0 bridgehead atoms. The van der Waals surface area contributed by atoms with Crippen molar-refractivity contribution < 1.29 is 9.90 Å². The lowest BCUT2D eigenvalue weighted by atomic mass is 10.1. The van der Waals surface area contributed by atoms with Crippen LogP contribution >= 0.6 is 0 Å². The van der Waals surface area contributed by atoms with Crippen molar-refractivity contribution in [2.75, 3.05) is 13.1 Å². The van der Waals surface area contributed by atoms with Crippen LogP contribution in [0.4, 0.5) is 0 Å². The van der Waals surface area contributed by atoms with Crippen molar-refractivity contribution >= 4 is 5.91 Å². The Kier molecular flexibility index (Phi) is 2.65. The van der Waals surface area contributed by atoms with Crippen molar-refractivity contribution in [2.45, 2.75) is 18.9 Å². The molecule has 11 heavy (non-hydrogen) atoms. The molecule has 0 aromatic carbocycles. The van der Waals surface area contributed by atoms with Gasteiger partial charge in [-0.3, -0.25) is 4.79 Å². The van der Waals surface area contributed by atoms with E-state index < -0.39 is 0 Å². The summed E-state index contributed by atoms with van der Waals surface area (Å²) < 4.78 is 0. The van der Waals surface area contributed by atoms with Crippen LogP contribution in [0.1, 0.15) is 12.8 Å². The molecule has 1 amide bonds. The number of amides is 1. The van der Waals surface area contributed by atoms with Crippen molar-refractivity contribution in [3.63, 3.8) is 0 Å². The topological polar surface area (TPSA) is 40.5 Å². The number of carbonyl (C=O) groups is 1. The van der Waals surface area contributed by atoms with Gasteiger partial charge >= 0.3 is 0 Å². The third-order valence-corrected chi connectivity index (χ3v) is 1.78. The lowest BCUT2D eigenvalue weighted by Crippen LogP contribution is -2.53. The number of allylic oxidation sites excluding steroid dienone is 1. The highest BCUT2D eigenvalue weighted by Gasteiger charge is 2.27. The number of hydrogen-bond acceptors (Lipinski definition) is 2. The third-order valence-electron chi connectivity index (χ3n) is 1.78. The van der Waals surface area contributed by atoms with E-state index in [0.29, 0.717) is 19.5 Å². The summed E-state index contributed by atoms with van der Waals surface area (Å²) in [4.78, 5) is 12.8. The average molecular weight is 155 g/mol. The van der Waals surface area contributed by atoms with E-state index in [-0.39, 0.29) is 12.0 Å². The van der Waals surface area contributed by atoms with Gasteiger partial charge in [0.05, 0.1) is 6.10 Å². The fourth-order valence-electron chi connectivity index (χ4n) is 1.04. The van der Waals surface area contributed by atoms with Gasteiger partial charge in [-0.2, -0.15) is 0 Å². The van der Waals surface area contributed by atoms with Gasteiger partial charge < -0.3 is 10.0 Å². The normalized spacial score (nSPS) is 17.7. The summed E-state index contributed by atoms with van der Waals surface area (Å²) in [5.74, 6) is 0.121. The second kappa shape index (κ2) is 3.53. The van der Waals surface area contributed by atoms with Crippen molar-refractivity contribution in [2.24, 2.45) is 0 Å². The van der Waals surface area contributed by atoms with Gasteiger partial charge in [-0.05, 0) is 6.42 Å². The molecule has 3 nitrogen and oxygen atoms in total. The van der Waals surface area contributed by atoms with Crippen LogP contribution < -0.4 is 0 Å². The highest BCUT2D eigenvalue weighted by atomic mass is 16.3. The lowest BCUT2D eigenvalue weighted by molar-refractivity contribution is -0.141. The number of β-amino-alcohol motifs (C(OH)–C–C–N with tert-alkyl or cyclic N) is 1. The molecule has 1 saturated heterocycles. The van der Waals surface area contributed by atoms with Gasteiger partial charge in [0.15, 0.2) is 0 Å². The van der Waals surface area contributed by atoms with Gasteiger partial charge in [0, 0.05) is 19.5 Å². The maximum atomic E-state index is 11.1. The van der Waals surface area contributed by atoms with Crippen LogP contribution in [-0.2, 0) is 4.79 Å². The summed E-state index contributed by atoms with van der Waals surface area (Å²) >= 11 is 0. The van der Waals surface area contributed by atoms with Crippen LogP contribution in [0, 0.1) is 0 Å². The number of rotatable bonds is 3. The molecular formula is C8H13NO2. The van der Waals surface area contributed by atoms with Gasteiger partial charge in [0.25, 0.3) is 0 Å². The molecule has 62 valence electrons. The van der Waals surface area contributed by atoms with Crippen LogP contribution in [0.3, 0.4) is 0 Å². The van der Waals surface area contributed by atoms with Crippen LogP contribution in [0.5, 0.6) is 0 Å². The minimum atomic E-state index is -0.289.